The Morgan fingerprint density at radius 2 is 2.28 bits per heavy atom. The van der Waals surface area contributed by atoms with Crippen molar-refractivity contribution in [3.63, 3.8) is 0 Å². The number of aromatic nitrogens is 4. The Bertz CT molecular complexity index is 601. The van der Waals surface area contributed by atoms with Crippen LogP contribution >= 0.6 is 11.3 Å². The molecule has 0 saturated carbocycles. The van der Waals surface area contributed by atoms with Gasteiger partial charge in [0, 0.05) is 6.08 Å². The molecule has 94 valence electrons. The molecule has 0 fully saturated rings. The summed E-state index contributed by atoms with van der Waals surface area (Å²) in [4.78, 5) is 14.4. The highest BCUT2D eigenvalue weighted by Gasteiger charge is 2.16. The van der Waals surface area contributed by atoms with Crippen molar-refractivity contribution in [1.29, 1.82) is 0 Å². The van der Waals surface area contributed by atoms with Gasteiger partial charge in [0.15, 0.2) is 0 Å². The van der Waals surface area contributed by atoms with Gasteiger partial charge in [-0.15, -0.1) is 10.2 Å². The van der Waals surface area contributed by atoms with E-state index in [0.29, 0.717) is 12.4 Å². The number of nitro groups is 1. The van der Waals surface area contributed by atoms with Gasteiger partial charge in [-0.25, -0.2) is 9.55 Å². The topological polar surface area (TPSA) is 86.7 Å². The van der Waals surface area contributed by atoms with Gasteiger partial charge in [0.1, 0.15) is 16.2 Å². The molecule has 0 aliphatic heterocycles. The summed E-state index contributed by atoms with van der Waals surface area (Å²) in [5, 5.41) is 20.2. The SMILES string of the molecule is CCn1c([N+](=O)[O-])cnc1C=Cc1nnc(C)s1. The van der Waals surface area contributed by atoms with E-state index in [1.165, 1.54) is 22.1 Å². The van der Waals surface area contributed by atoms with Crippen molar-refractivity contribution >= 4 is 29.3 Å². The molecule has 0 aliphatic rings. The Kier molecular flexibility index (Phi) is 3.47. The fraction of sp³-hybridized carbons (Fsp3) is 0.300. The largest absolute Gasteiger partial charge is 0.358 e. The van der Waals surface area contributed by atoms with Gasteiger partial charge in [0.2, 0.25) is 5.82 Å². The molecule has 0 radical (unpaired) electrons. The zero-order chi connectivity index (χ0) is 13.1. The molecular weight excluding hydrogens is 254 g/mol. The summed E-state index contributed by atoms with van der Waals surface area (Å²) in [6.07, 6.45) is 4.72. The maximum atomic E-state index is 10.8. The van der Waals surface area contributed by atoms with Crippen LogP contribution < -0.4 is 0 Å². The second kappa shape index (κ2) is 5.05. The minimum atomic E-state index is -0.442. The predicted octanol–water partition coefficient (Wildman–Crippen LogP) is 2.14. The van der Waals surface area contributed by atoms with Gasteiger partial charge < -0.3 is 10.1 Å². The molecule has 0 atom stereocenters. The molecule has 0 bridgehead atoms. The van der Waals surface area contributed by atoms with Crippen molar-refractivity contribution in [3.05, 3.63) is 32.2 Å². The Morgan fingerprint density at radius 3 is 2.83 bits per heavy atom. The highest BCUT2D eigenvalue weighted by Crippen LogP contribution is 2.17. The number of rotatable bonds is 4. The Hall–Kier alpha value is -2.09. The van der Waals surface area contributed by atoms with Crippen LogP contribution in [0.2, 0.25) is 0 Å². The highest BCUT2D eigenvalue weighted by molar-refractivity contribution is 7.12. The molecule has 18 heavy (non-hydrogen) atoms. The summed E-state index contributed by atoms with van der Waals surface area (Å²) in [6.45, 7) is 4.19. The highest BCUT2D eigenvalue weighted by atomic mass is 32.1. The fourth-order valence-corrected chi connectivity index (χ4v) is 2.11. The average Bonchev–Trinajstić information content (AvgIpc) is 2.91. The summed E-state index contributed by atoms with van der Waals surface area (Å²) in [7, 11) is 0. The predicted molar refractivity (Wildman–Crippen MR) is 68.1 cm³/mol. The van der Waals surface area contributed by atoms with E-state index in [9.17, 15) is 10.1 Å². The molecule has 0 aliphatic carbocycles. The summed E-state index contributed by atoms with van der Waals surface area (Å²) in [6, 6.07) is 0. The molecule has 0 unspecified atom stereocenters. The van der Waals surface area contributed by atoms with Crippen LogP contribution in [0.3, 0.4) is 0 Å². The van der Waals surface area contributed by atoms with E-state index in [-0.39, 0.29) is 5.82 Å². The lowest BCUT2D eigenvalue weighted by Gasteiger charge is -1.97. The molecule has 2 rings (SSSR count). The minimum absolute atomic E-state index is 0.00871. The quantitative estimate of drug-likeness (QED) is 0.624. The van der Waals surface area contributed by atoms with Crippen LogP contribution in [0.4, 0.5) is 5.82 Å². The lowest BCUT2D eigenvalue weighted by molar-refractivity contribution is -0.392. The van der Waals surface area contributed by atoms with Crippen LogP contribution in [0.5, 0.6) is 0 Å². The molecule has 2 heterocycles. The summed E-state index contributed by atoms with van der Waals surface area (Å²) in [5.41, 5.74) is 0. The first kappa shape index (κ1) is 12.4. The Balaban J connectivity index is 2.29. The van der Waals surface area contributed by atoms with Gasteiger partial charge in [-0.2, -0.15) is 0 Å². The molecule has 0 spiro atoms. The Morgan fingerprint density at radius 1 is 1.50 bits per heavy atom. The van der Waals surface area contributed by atoms with Crippen molar-refractivity contribution < 1.29 is 4.92 Å². The summed E-state index contributed by atoms with van der Waals surface area (Å²) in [5.74, 6) is 0.530. The number of nitrogens with zero attached hydrogens (tertiary/aromatic N) is 5. The molecule has 7 nitrogen and oxygen atoms in total. The molecule has 0 amide bonds. The van der Waals surface area contributed by atoms with Crippen LogP contribution in [0, 0.1) is 17.0 Å². The monoisotopic (exact) mass is 265 g/mol. The smallest absolute Gasteiger partial charge is 0.343 e. The van der Waals surface area contributed by atoms with E-state index in [2.05, 4.69) is 15.2 Å². The minimum Gasteiger partial charge on any atom is -0.358 e. The molecule has 0 saturated heterocycles. The Labute approximate surface area is 107 Å². The third-order valence-electron chi connectivity index (χ3n) is 2.29. The van der Waals surface area contributed by atoms with Crippen molar-refractivity contribution in [1.82, 2.24) is 19.7 Å². The number of aryl methyl sites for hydroxylation is 1. The van der Waals surface area contributed by atoms with Crippen molar-refractivity contribution in [3.8, 4) is 0 Å². The van der Waals surface area contributed by atoms with E-state index in [1.54, 1.807) is 12.2 Å². The summed E-state index contributed by atoms with van der Waals surface area (Å²) < 4.78 is 1.53. The number of hydrogen-bond donors (Lipinski definition) is 0. The first-order chi connectivity index (χ1) is 8.61. The van der Waals surface area contributed by atoms with Gasteiger partial charge in [0.25, 0.3) is 0 Å². The molecular formula is C10H11N5O2S. The molecule has 0 N–H and O–H groups in total. The molecule has 2 aromatic heterocycles. The van der Waals surface area contributed by atoms with Gasteiger partial charge in [-0.05, 0) is 24.8 Å². The van der Waals surface area contributed by atoms with Crippen LogP contribution in [0.15, 0.2) is 6.20 Å². The van der Waals surface area contributed by atoms with E-state index in [4.69, 9.17) is 0 Å². The number of hydrogen-bond acceptors (Lipinski definition) is 6. The third kappa shape index (κ3) is 2.43. The van der Waals surface area contributed by atoms with Crippen LogP contribution in [-0.2, 0) is 6.54 Å². The average molecular weight is 265 g/mol. The number of imidazole rings is 1. The van der Waals surface area contributed by atoms with Gasteiger partial charge in [0.05, 0.1) is 6.54 Å². The van der Waals surface area contributed by atoms with Crippen LogP contribution in [0.1, 0.15) is 22.8 Å². The van der Waals surface area contributed by atoms with E-state index in [0.717, 1.165) is 10.0 Å². The normalized spacial score (nSPS) is 11.2. The maximum absolute atomic E-state index is 10.8. The van der Waals surface area contributed by atoms with Crippen LogP contribution in [-0.4, -0.2) is 24.7 Å². The van der Waals surface area contributed by atoms with Gasteiger partial charge in [-0.1, -0.05) is 11.3 Å². The van der Waals surface area contributed by atoms with Crippen molar-refractivity contribution in [2.45, 2.75) is 20.4 Å². The van der Waals surface area contributed by atoms with Gasteiger partial charge >= 0.3 is 5.82 Å². The molecule has 0 aromatic carbocycles. The summed E-state index contributed by atoms with van der Waals surface area (Å²) >= 11 is 1.45. The second-order valence-electron chi connectivity index (χ2n) is 3.47. The molecule has 2 aromatic rings. The maximum Gasteiger partial charge on any atom is 0.343 e. The lowest BCUT2D eigenvalue weighted by Crippen LogP contribution is -2.02. The fourth-order valence-electron chi connectivity index (χ4n) is 1.51. The van der Waals surface area contributed by atoms with E-state index < -0.39 is 4.92 Å². The van der Waals surface area contributed by atoms with Gasteiger partial charge in [-0.3, -0.25) is 0 Å². The first-order valence-corrected chi connectivity index (χ1v) is 6.11. The zero-order valence-electron chi connectivity index (χ0n) is 9.90. The second-order valence-corrected chi connectivity index (χ2v) is 4.68. The third-order valence-corrected chi connectivity index (χ3v) is 3.09. The van der Waals surface area contributed by atoms with Crippen molar-refractivity contribution in [2.75, 3.05) is 0 Å². The molecule has 8 heteroatoms. The van der Waals surface area contributed by atoms with Crippen molar-refractivity contribution in [2.24, 2.45) is 0 Å². The first-order valence-electron chi connectivity index (χ1n) is 5.30. The standard InChI is InChI=1S/C10H11N5O2S/c1-3-14-8(11-6-10(14)15(16)17)4-5-9-13-12-7(2)18-9/h4-6H,3H2,1-2H3. The lowest BCUT2D eigenvalue weighted by atomic mass is 10.4. The van der Waals surface area contributed by atoms with E-state index in [1.807, 2.05) is 13.8 Å². The zero-order valence-corrected chi connectivity index (χ0v) is 10.7. The van der Waals surface area contributed by atoms with Crippen LogP contribution in [0.25, 0.3) is 12.2 Å². The van der Waals surface area contributed by atoms with E-state index >= 15 is 0 Å².